The molecule has 0 aliphatic carbocycles. The monoisotopic (exact) mass is 570 g/mol. The second kappa shape index (κ2) is 11.2. The van der Waals surface area contributed by atoms with Crippen LogP contribution in [-0.4, -0.2) is 24.0 Å². The largest absolute Gasteiger partial charge is 0.416 e. The van der Waals surface area contributed by atoms with Crippen LogP contribution in [0.5, 0.6) is 0 Å². The minimum atomic E-state index is -4.49. The molecule has 3 aromatic carbocycles. The normalized spacial score (nSPS) is 13.0. The molecule has 200 valence electrons. The van der Waals surface area contributed by atoms with Gasteiger partial charge in [-0.1, -0.05) is 47.5 Å². The van der Waals surface area contributed by atoms with Crippen LogP contribution in [0.1, 0.15) is 27.0 Å². The van der Waals surface area contributed by atoms with Crippen molar-refractivity contribution in [2.45, 2.75) is 19.3 Å². The summed E-state index contributed by atoms with van der Waals surface area (Å²) in [5, 5.41) is 6.97. The Morgan fingerprint density at radius 3 is 2.38 bits per heavy atom. The smallest absolute Gasteiger partial charge is 0.367 e. The van der Waals surface area contributed by atoms with Crippen LogP contribution in [-0.2, 0) is 19.3 Å². The summed E-state index contributed by atoms with van der Waals surface area (Å²) in [7, 11) is 0. The van der Waals surface area contributed by atoms with Crippen LogP contribution in [0.25, 0.3) is 11.1 Å². The van der Waals surface area contributed by atoms with Crippen molar-refractivity contribution in [3.05, 3.63) is 111 Å². The fourth-order valence-corrected chi connectivity index (χ4v) is 4.78. The maximum atomic E-state index is 13.6. The predicted molar refractivity (Wildman–Crippen MR) is 148 cm³/mol. The van der Waals surface area contributed by atoms with Gasteiger partial charge in [0.2, 0.25) is 0 Å². The Labute approximate surface area is 233 Å². The van der Waals surface area contributed by atoms with Crippen molar-refractivity contribution in [2.24, 2.45) is 0 Å². The van der Waals surface area contributed by atoms with Crippen molar-refractivity contribution < 1.29 is 18.0 Å². The number of hydrogen-bond donors (Lipinski definition) is 2. The lowest BCUT2D eigenvalue weighted by Crippen LogP contribution is -2.34. The van der Waals surface area contributed by atoms with E-state index in [1.165, 1.54) is 12.1 Å². The molecule has 0 atom stereocenters. The Kier molecular flexibility index (Phi) is 7.68. The number of hydrogen-bond acceptors (Lipinski definition) is 4. The molecule has 5 rings (SSSR count). The maximum Gasteiger partial charge on any atom is 0.416 e. The van der Waals surface area contributed by atoms with E-state index in [-0.39, 0.29) is 23.0 Å². The molecule has 1 aliphatic rings. The van der Waals surface area contributed by atoms with Gasteiger partial charge in [-0.3, -0.25) is 4.79 Å². The van der Waals surface area contributed by atoms with Crippen molar-refractivity contribution in [1.29, 1.82) is 0 Å². The lowest BCUT2D eigenvalue weighted by atomic mass is 10.0. The van der Waals surface area contributed by atoms with E-state index in [1.807, 2.05) is 35.2 Å². The average Bonchev–Trinajstić information content (AvgIpc) is 2.92. The Hall–Kier alpha value is -3.75. The third kappa shape index (κ3) is 6.29. The van der Waals surface area contributed by atoms with Crippen molar-refractivity contribution in [2.75, 3.05) is 23.3 Å². The first kappa shape index (κ1) is 26.8. The van der Waals surface area contributed by atoms with Gasteiger partial charge < -0.3 is 15.5 Å². The van der Waals surface area contributed by atoms with Crippen molar-refractivity contribution in [3.8, 4) is 11.1 Å². The minimum Gasteiger partial charge on any atom is -0.367 e. The van der Waals surface area contributed by atoms with Gasteiger partial charge in [0.05, 0.1) is 11.3 Å². The molecule has 2 heterocycles. The number of aromatic nitrogens is 1. The quantitative estimate of drug-likeness (QED) is 0.253. The van der Waals surface area contributed by atoms with Gasteiger partial charge in [0, 0.05) is 53.5 Å². The zero-order valence-corrected chi connectivity index (χ0v) is 22.0. The van der Waals surface area contributed by atoms with Gasteiger partial charge in [0.15, 0.2) is 0 Å². The van der Waals surface area contributed by atoms with E-state index >= 15 is 0 Å². The highest BCUT2D eigenvalue weighted by Gasteiger charge is 2.34. The van der Waals surface area contributed by atoms with Crippen LogP contribution in [0, 0.1) is 0 Å². The summed E-state index contributed by atoms with van der Waals surface area (Å²) in [6.45, 7) is 1.44. The molecular weight excluding hydrogens is 548 g/mol. The molecule has 1 amide bonds. The molecule has 0 bridgehead atoms. The number of alkyl halides is 3. The zero-order chi connectivity index (χ0) is 27.6. The average molecular weight is 571 g/mol. The van der Waals surface area contributed by atoms with Gasteiger partial charge in [0.25, 0.3) is 5.91 Å². The highest BCUT2D eigenvalue weighted by molar-refractivity contribution is 6.30. The molecule has 5 nitrogen and oxygen atoms in total. The summed E-state index contributed by atoms with van der Waals surface area (Å²) >= 11 is 11.9. The van der Waals surface area contributed by atoms with Crippen LogP contribution in [0.4, 0.5) is 24.7 Å². The zero-order valence-electron chi connectivity index (χ0n) is 20.5. The van der Waals surface area contributed by atoms with E-state index in [0.717, 1.165) is 22.8 Å². The molecule has 1 aliphatic heterocycles. The maximum absolute atomic E-state index is 13.6. The topological polar surface area (TPSA) is 57.3 Å². The van der Waals surface area contributed by atoms with E-state index in [9.17, 15) is 18.0 Å². The SMILES string of the molecule is O=C(NCc1ccc(Cl)cc1)c1ccc(-c2cnc3c(c2)N(Cc2cc(Cl)ccc2C(F)(F)F)CCN3)cc1. The highest BCUT2D eigenvalue weighted by atomic mass is 35.5. The van der Waals surface area contributed by atoms with Gasteiger partial charge in [0.1, 0.15) is 5.82 Å². The van der Waals surface area contributed by atoms with Gasteiger partial charge >= 0.3 is 6.18 Å². The summed E-state index contributed by atoms with van der Waals surface area (Å²) in [5.41, 5.74) is 3.12. The molecule has 0 fully saturated rings. The van der Waals surface area contributed by atoms with Gasteiger partial charge in [-0.25, -0.2) is 4.98 Å². The molecule has 2 N–H and O–H groups in total. The van der Waals surface area contributed by atoms with Crippen molar-refractivity contribution in [1.82, 2.24) is 10.3 Å². The highest BCUT2D eigenvalue weighted by Crippen LogP contribution is 2.37. The molecular formula is C29H23Cl2F3N4O. The van der Waals surface area contributed by atoms with Crippen LogP contribution < -0.4 is 15.5 Å². The number of amides is 1. The van der Waals surface area contributed by atoms with Crippen LogP contribution >= 0.6 is 23.2 Å². The molecule has 0 unspecified atom stereocenters. The number of carbonyl (C=O) groups is 1. The van der Waals surface area contributed by atoms with Gasteiger partial charge in [-0.15, -0.1) is 0 Å². The van der Waals surface area contributed by atoms with E-state index in [4.69, 9.17) is 23.2 Å². The van der Waals surface area contributed by atoms with E-state index in [2.05, 4.69) is 15.6 Å². The van der Waals surface area contributed by atoms with Crippen molar-refractivity contribution >= 4 is 40.6 Å². The third-order valence-electron chi connectivity index (χ3n) is 6.46. The molecule has 10 heteroatoms. The fraction of sp³-hybridized carbons (Fsp3) is 0.172. The van der Waals surface area contributed by atoms with E-state index in [1.54, 1.807) is 30.5 Å². The number of benzene rings is 3. The molecule has 0 spiro atoms. The Balaban J connectivity index is 1.34. The number of halogens is 5. The number of nitrogens with zero attached hydrogens (tertiary/aromatic N) is 2. The van der Waals surface area contributed by atoms with Crippen LogP contribution in [0.2, 0.25) is 10.0 Å². The predicted octanol–water partition coefficient (Wildman–Crippen LogP) is 7.44. The lowest BCUT2D eigenvalue weighted by Gasteiger charge is -2.32. The van der Waals surface area contributed by atoms with Crippen LogP contribution in [0.15, 0.2) is 79.0 Å². The second-order valence-corrected chi connectivity index (χ2v) is 10.00. The number of rotatable bonds is 6. The van der Waals surface area contributed by atoms with E-state index < -0.39 is 11.7 Å². The van der Waals surface area contributed by atoms with Crippen LogP contribution in [0.3, 0.4) is 0 Å². The first-order valence-corrected chi connectivity index (χ1v) is 12.9. The first-order valence-electron chi connectivity index (χ1n) is 12.1. The van der Waals surface area contributed by atoms with E-state index in [0.29, 0.717) is 41.7 Å². The summed E-state index contributed by atoms with van der Waals surface area (Å²) < 4.78 is 40.9. The lowest BCUT2D eigenvalue weighted by molar-refractivity contribution is -0.138. The first-order chi connectivity index (χ1) is 18.7. The van der Waals surface area contributed by atoms with Crippen molar-refractivity contribution in [3.63, 3.8) is 0 Å². The molecule has 1 aromatic heterocycles. The number of carbonyl (C=O) groups excluding carboxylic acids is 1. The molecule has 0 radical (unpaired) electrons. The second-order valence-electron chi connectivity index (χ2n) is 9.13. The Morgan fingerprint density at radius 2 is 1.67 bits per heavy atom. The summed E-state index contributed by atoms with van der Waals surface area (Å²) in [4.78, 5) is 19.0. The third-order valence-corrected chi connectivity index (χ3v) is 6.95. The fourth-order valence-electron chi connectivity index (χ4n) is 4.46. The summed E-state index contributed by atoms with van der Waals surface area (Å²) in [6.07, 6.45) is -2.79. The summed E-state index contributed by atoms with van der Waals surface area (Å²) in [5.74, 6) is 0.385. The standard InChI is InChI=1S/C29H23Cl2F3N4O/c30-23-7-1-18(2-8-23)15-37-28(39)20-5-3-19(4-6-20)21-14-26-27(36-16-21)35-11-12-38(26)17-22-13-24(31)9-10-25(22)29(32,33)34/h1-10,13-14,16H,11-12,15,17H2,(H,35,36)(H,37,39). The number of pyridine rings is 1. The van der Waals surface area contributed by atoms with Gasteiger partial charge in [-0.05, 0) is 65.2 Å². The molecule has 0 saturated heterocycles. The molecule has 0 saturated carbocycles. The Bertz CT molecular complexity index is 1490. The minimum absolute atomic E-state index is 0.0297. The number of fused-ring (bicyclic) bond motifs is 1. The number of nitrogens with one attached hydrogen (secondary N) is 2. The molecule has 4 aromatic rings. The van der Waals surface area contributed by atoms with Gasteiger partial charge in [-0.2, -0.15) is 13.2 Å². The summed E-state index contributed by atoms with van der Waals surface area (Å²) in [6, 6.07) is 19.8. The molecule has 39 heavy (non-hydrogen) atoms. The number of anilines is 2. The Morgan fingerprint density at radius 1 is 0.949 bits per heavy atom.